The normalized spacial score (nSPS) is 10.5. The molecule has 1 N–H and O–H groups in total. The molecule has 0 radical (unpaired) electrons. The van der Waals surface area contributed by atoms with Crippen LogP contribution in [0.2, 0.25) is 0 Å². The van der Waals surface area contributed by atoms with Gasteiger partial charge in [0.05, 0.1) is 0 Å². The van der Waals surface area contributed by atoms with Crippen LogP contribution >= 0.6 is 15.9 Å². The predicted octanol–water partition coefficient (Wildman–Crippen LogP) is 5.09. The van der Waals surface area contributed by atoms with Crippen molar-refractivity contribution in [2.45, 2.75) is 0 Å². The van der Waals surface area contributed by atoms with Crippen LogP contribution in [-0.2, 0) is 0 Å². The Balaban J connectivity index is 1.54. The molecule has 3 aromatic carbocycles. The summed E-state index contributed by atoms with van der Waals surface area (Å²) in [6.07, 6.45) is 0. The summed E-state index contributed by atoms with van der Waals surface area (Å²) in [6, 6.07) is 22.6. The fourth-order valence-electron chi connectivity index (χ4n) is 2.22. The van der Waals surface area contributed by atoms with Gasteiger partial charge in [0.2, 0.25) is 0 Å². The van der Waals surface area contributed by atoms with E-state index in [-0.39, 0.29) is 0 Å². The minimum atomic E-state index is 0.628. The molecule has 0 aliphatic carbocycles. The molecule has 0 aromatic heterocycles. The van der Waals surface area contributed by atoms with Gasteiger partial charge in [0.15, 0.2) is 0 Å². The summed E-state index contributed by atoms with van der Waals surface area (Å²) < 4.78 is 6.73. The van der Waals surface area contributed by atoms with E-state index in [4.69, 9.17) is 4.74 Å². The Morgan fingerprint density at radius 2 is 1.71 bits per heavy atom. The Kier molecular flexibility index (Phi) is 4.41. The number of rotatable bonds is 5. The number of halogens is 1. The standard InChI is InChI=1S/C18H16BrNO/c19-16-6-3-7-18(13-16)21-11-10-20-17-9-8-14-4-1-2-5-15(14)12-17/h1-9,12-13,20H,10-11H2. The molecule has 0 atom stereocenters. The first-order valence-electron chi connectivity index (χ1n) is 6.92. The molecule has 3 aromatic rings. The first kappa shape index (κ1) is 14.0. The maximum atomic E-state index is 5.70. The van der Waals surface area contributed by atoms with Crippen molar-refractivity contribution in [2.24, 2.45) is 0 Å². The number of fused-ring (bicyclic) bond motifs is 1. The van der Waals surface area contributed by atoms with Gasteiger partial charge in [0, 0.05) is 16.7 Å². The molecule has 0 aliphatic heterocycles. The van der Waals surface area contributed by atoms with Gasteiger partial charge in [-0.1, -0.05) is 52.3 Å². The average molecular weight is 342 g/mol. The summed E-state index contributed by atoms with van der Waals surface area (Å²) in [7, 11) is 0. The number of hydrogen-bond acceptors (Lipinski definition) is 2. The summed E-state index contributed by atoms with van der Waals surface area (Å²) >= 11 is 3.44. The third kappa shape index (κ3) is 3.76. The number of anilines is 1. The third-order valence-electron chi connectivity index (χ3n) is 3.25. The van der Waals surface area contributed by atoms with E-state index < -0.39 is 0 Å². The predicted molar refractivity (Wildman–Crippen MR) is 92.1 cm³/mol. The molecule has 0 aliphatic rings. The highest BCUT2D eigenvalue weighted by atomic mass is 79.9. The van der Waals surface area contributed by atoms with E-state index in [0.717, 1.165) is 22.5 Å². The Hall–Kier alpha value is -2.00. The Morgan fingerprint density at radius 3 is 2.57 bits per heavy atom. The first-order chi connectivity index (χ1) is 10.3. The maximum absolute atomic E-state index is 5.70. The van der Waals surface area contributed by atoms with E-state index in [9.17, 15) is 0 Å². The smallest absolute Gasteiger partial charge is 0.120 e. The monoisotopic (exact) mass is 341 g/mol. The lowest BCUT2D eigenvalue weighted by Crippen LogP contribution is -2.11. The molecule has 3 heteroatoms. The van der Waals surface area contributed by atoms with Gasteiger partial charge in [0.25, 0.3) is 0 Å². The van der Waals surface area contributed by atoms with E-state index in [1.54, 1.807) is 0 Å². The minimum Gasteiger partial charge on any atom is -0.492 e. The zero-order chi connectivity index (χ0) is 14.5. The molecular formula is C18H16BrNO. The van der Waals surface area contributed by atoms with Crippen molar-refractivity contribution in [1.29, 1.82) is 0 Å². The molecule has 2 nitrogen and oxygen atoms in total. The van der Waals surface area contributed by atoms with E-state index in [1.165, 1.54) is 10.8 Å². The SMILES string of the molecule is Brc1cccc(OCCNc2ccc3ccccc3c2)c1. The molecule has 0 saturated carbocycles. The quantitative estimate of drug-likeness (QED) is 0.652. The van der Waals surface area contributed by atoms with Gasteiger partial charge in [-0.25, -0.2) is 0 Å². The fourth-order valence-corrected chi connectivity index (χ4v) is 2.60. The molecule has 0 bridgehead atoms. The highest BCUT2D eigenvalue weighted by Gasteiger charge is 1.97. The largest absolute Gasteiger partial charge is 0.492 e. The van der Waals surface area contributed by atoms with Crippen LogP contribution in [0, 0.1) is 0 Å². The molecule has 106 valence electrons. The van der Waals surface area contributed by atoms with Gasteiger partial charge in [-0.15, -0.1) is 0 Å². The Morgan fingerprint density at radius 1 is 0.857 bits per heavy atom. The Bertz CT molecular complexity index is 742. The first-order valence-corrected chi connectivity index (χ1v) is 7.72. The summed E-state index contributed by atoms with van der Waals surface area (Å²) in [5.74, 6) is 0.879. The van der Waals surface area contributed by atoms with Gasteiger partial charge in [-0.3, -0.25) is 0 Å². The van der Waals surface area contributed by atoms with Crippen molar-refractivity contribution in [3.63, 3.8) is 0 Å². The highest BCUT2D eigenvalue weighted by molar-refractivity contribution is 9.10. The van der Waals surface area contributed by atoms with Crippen LogP contribution in [0.15, 0.2) is 71.2 Å². The van der Waals surface area contributed by atoms with E-state index in [1.807, 2.05) is 24.3 Å². The second kappa shape index (κ2) is 6.64. The summed E-state index contributed by atoms with van der Waals surface area (Å²) in [5, 5.41) is 5.89. The molecular weight excluding hydrogens is 326 g/mol. The molecule has 21 heavy (non-hydrogen) atoms. The van der Waals surface area contributed by atoms with Crippen molar-refractivity contribution >= 4 is 32.4 Å². The zero-order valence-electron chi connectivity index (χ0n) is 11.6. The van der Waals surface area contributed by atoms with Crippen molar-refractivity contribution in [1.82, 2.24) is 0 Å². The van der Waals surface area contributed by atoms with Crippen LogP contribution in [0.5, 0.6) is 5.75 Å². The highest BCUT2D eigenvalue weighted by Crippen LogP contribution is 2.19. The molecule has 0 spiro atoms. The second-order valence-corrected chi connectivity index (χ2v) is 5.71. The molecule has 0 unspecified atom stereocenters. The van der Waals surface area contributed by atoms with Crippen molar-refractivity contribution in [3.8, 4) is 5.75 Å². The van der Waals surface area contributed by atoms with Crippen molar-refractivity contribution in [3.05, 3.63) is 71.2 Å². The number of benzene rings is 3. The van der Waals surface area contributed by atoms with Gasteiger partial charge >= 0.3 is 0 Å². The molecule has 3 rings (SSSR count). The third-order valence-corrected chi connectivity index (χ3v) is 3.74. The molecule has 0 amide bonds. The Labute approximate surface area is 132 Å². The van der Waals surface area contributed by atoms with Crippen LogP contribution in [-0.4, -0.2) is 13.2 Å². The summed E-state index contributed by atoms with van der Waals surface area (Å²) in [6.45, 7) is 1.40. The van der Waals surface area contributed by atoms with Crippen LogP contribution in [0.25, 0.3) is 10.8 Å². The van der Waals surface area contributed by atoms with E-state index in [2.05, 4.69) is 63.7 Å². The number of ether oxygens (including phenoxy) is 1. The summed E-state index contributed by atoms with van der Waals surface area (Å²) in [4.78, 5) is 0. The van der Waals surface area contributed by atoms with Gasteiger partial charge in [-0.05, 0) is 41.1 Å². The van der Waals surface area contributed by atoms with Crippen molar-refractivity contribution < 1.29 is 4.74 Å². The fraction of sp³-hybridized carbons (Fsp3) is 0.111. The van der Waals surface area contributed by atoms with Crippen LogP contribution in [0.1, 0.15) is 0 Å². The maximum Gasteiger partial charge on any atom is 0.120 e. The van der Waals surface area contributed by atoms with Gasteiger partial charge in [-0.2, -0.15) is 0 Å². The molecule has 0 fully saturated rings. The average Bonchev–Trinajstić information content (AvgIpc) is 2.51. The topological polar surface area (TPSA) is 21.3 Å². The number of hydrogen-bond donors (Lipinski definition) is 1. The van der Waals surface area contributed by atoms with Crippen molar-refractivity contribution in [2.75, 3.05) is 18.5 Å². The minimum absolute atomic E-state index is 0.628. The second-order valence-electron chi connectivity index (χ2n) is 4.79. The lowest BCUT2D eigenvalue weighted by Gasteiger charge is -2.09. The van der Waals surface area contributed by atoms with E-state index >= 15 is 0 Å². The van der Waals surface area contributed by atoms with Crippen LogP contribution < -0.4 is 10.1 Å². The molecule has 0 saturated heterocycles. The summed E-state index contributed by atoms with van der Waals surface area (Å²) in [5.41, 5.74) is 1.12. The van der Waals surface area contributed by atoms with Gasteiger partial charge in [0.1, 0.15) is 12.4 Å². The number of nitrogens with one attached hydrogen (secondary N) is 1. The van der Waals surface area contributed by atoms with Crippen LogP contribution in [0.3, 0.4) is 0 Å². The van der Waals surface area contributed by atoms with E-state index in [0.29, 0.717) is 6.61 Å². The lowest BCUT2D eigenvalue weighted by atomic mass is 10.1. The van der Waals surface area contributed by atoms with Gasteiger partial charge < -0.3 is 10.1 Å². The lowest BCUT2D eigenvalue weighted by molar-refractivity contribution is 0.332. The van der Waals surface area contributed by atoms with Crippen LogP contribution in [0.4, 0.5) is 5.69 Å². The molecule has 0 heterocycles. The zero-order valence-corrected chi connectivity index (χ0v) is 13.1.